The van der Waals surface area contributed by atoms with Gasteiger partial charge in [-0.3, -0.25) is 9.59 Å². The molecule has 2 aromatic rings. The molecule has 0 saturated carbocycles. The third kappa shape index (κ3) is 4.99. The number of ketones is 1. The van der Waals surface area contributed by atoms with E-state index in [0.29, 0.717) is 42.6 Å². The van der Waals surface area contributed by atoms with Crippen molar-refractivity contribution in [3.8, 4) is 17.2 Å². The number of aliphatic hydroxyl groups excluding tert-OH is 1. The Morgan fingerprint density at radius 1 is 1.12 bits per heavy atom. The number of hydrogen-bond acceptors (Lipinski definition) is 6. The minimum absolute atomic E-state index is 0.0287. The van der Waals surface area contributed by atoms with Crippen molar-refractivity contribution in [2.75, 3.05) is 27.4 Å². The normalized spacial score (nSPS) is 17.4. The molecule has 1 amide bonds. The van der Waals surface area contributed by atoms with E-state index in [1.807, 2.05) is 39.0 Å². The van der Waals surface area contributed by atoms with E-state index in [2.05, 4.69) is 0 Å². The number of carbonyl (C=O) groups is 2. The van der Waals surface area contributed by atoms with Gasteiger partial charge in [-0.25, -0.2) is 0 Å². The summed E-state index contributed by atoms with van der Waals surface area (Å²) >= 11 is 6.29. The molecule has 0 aromatic heterocycles. The van der Waals surface area contributed by atoms with Crippen LogP contribution in [0, 0.1) is 5.92 Å². The average Bonchev–Trinajstić information content (AvgIpc) is 3.07. The first-order chi connectivity index (χ1) is 16.2. The summed E-state index contributed by atoms with van der Waals surface area (Å²) in [5.41, 5.74) is 0.827. The number of amides is 1. The fourth-order valence-electron chi connectivity index (χ4n) is 3.93. The molecule has 182 valence electrons. The molecule has 1 atom stereocenters. The molecule has 0 radical (unpaired) electrons. The SMILES string of the molecule is CCCN1C(=O)C(=O)/C(=C(/O)c2cc(Cl)c(OC)cc2OC)C1c1cccc(OCC(C)C)c1. The fraction of sp³-hybridized carbons (Fsp3) is 0.385. The summed E-state index contributed by atoms with van der Waals surface area (Å²) in [4.78, 5) is 27.6. The molecule has 1 fully saturated rings. The van der Waals surface area contributed by atoms with Crippen LogP contribution in [0.25, 0.3) is 5.76 Å². The Balaban J connectivity index is 2.19. The zero-order valence-electron chi connectivity index (χ0n) is 20.1. The number of methoxy groups -OCH3 is 2. The lowest BCUT2D eigenvalue weighted by atomic mass is 9.94. The summed E-state index contributed by atoms with van der Waals surface area (Å²) in [5, 5.41) is 11.6. The highest BCUT2D eigenvalue weighted by atomic mass is 35.5. The molecule has 7 nitrogen and oxygen atoms in total. The Kier molecular flexibility index (Phi) is 8.10. The molecule has 3 rings (SSSR count). The molecular formula is C26H30ClNO6. The summed E-state index contributed by atoms with van der Waals surface area (Å²) in [6.07, 6.45) is 0.644. The Morgan fingerprint density at radius 3 is 2.44 bits per heavy atom. The highest BCUT2D eigenvalue weighted by molar-refractivity contribution is 6.46. The van der Waals surface area contributed by atoms with Crippen LogP contribution in [-0.4, -0.2) is 49.1 Å². The molecule has 0 bridgehead atoms. The molecule has 0 aliphatic carbocycles. The van der Waals surface area contributed by atoms with Gasteiger partial charge < -0.3 is 24.2 Å². The van der Waals surface area contributed by atoms with Crippen LogP contribution in [0.4, 0.5) is 0 Å². The first-order valence-electron chi connectivity index (χ1n) is 11.2. The van der Waals surface area contributed by atoms with Crippen molar-refractivity contribution in [2.24, 2.45) is 5.92 Å². The van der Waals surface area contributed by atoms with Gasteiger partial charge in [0.1, 0.15) is 23.0 Å². The molecule has 0 spiro atoms. The highest BCUT2D eigenvalue weighted by Gasteiger charge is 2.46. The van der Waals surface area contributed by atoms with Gasteiger partial charge in [0.2, 0.25) is 0 Å². The highest BCUT2D eigenvalue weighted by Crippen LogP contribution is 2.43. The predicted molar refractivity (Wildman–Crippen MR) is 131 cm³/mol. The van der Waals surface area contributed by atoms with Gasteiger partial charge in [-0.15, -0.1) is 0 Å². The summed E-state index contributed by atoms with van der Waals surface area (Å²) < 4.78 is 16.5. The van der Waals surface area contributed by atoms with Crippen molar-refractivity contribution in [3.05, 3.63) is 58.1 Å². The van der Waals surface area contributed by atoms with E-state index in [-0.39, 0.29) is 27.7 Å². The maximum Gasteiger partial charge on any atom is 0.295 e. The van der Waals surface area contributed by atoms with Crippen LogP contribution in [0.3, 0.4) is 0 Å². The van der Waals surface area contributed by atoms with E-state index in [1.165, 1.54) is 31.3 Å². The number of ether oxygens (including phenoxy) is 3. The van der Waals surface area contributed by atoms with Crippen molar-refractivity contribution < 1.29 is 28.9 Å². The van der Waals surface area contributed by atoms with Crippen LogP contribution in [0.5, 0.6) is 17.2 Å². The number of rotatable bonds is 9. The van der Waals surface area contributed by atoms with Crippen LogP contribution >= 0.6 is 11.6 Å². The largest absolute Gasteiger partial charge is 0.507 e. The van der Waals surface area contributed by atoms with Crippen molar-refractivity contribution in [2.45, 2.75) is 33.2 Å². The molecule has 1 N–H and O–H groups in total. The number of nitrogens with zero attached hydrogens (tertiary/aromatic N) is 1. The van der Waals surface area contributed by atoms with E-state index in [4.69, 9.17) is 25.8 Å². The second kappa shape index (κ2) is 10.8. The number of benzene rings is 2. The average molecular weight is 488 g/mol. The van der Waals surface area contributed by atoms with Gasteiger partial charge in [0.15, 0.2) is 0 Å². The van der Waals surface area contributed by atoms with Crippen LogP contribution in [0.15, 0.2) is 42.0 Å². The predicted octanol–water partition coefficient (Wildman–Crippen LogP) is 5.22. The number of hydrogen-bond donors (Lipinski definition) is 1. The number of aliphatic hydroxyl groups is 1. The van der Waals surface area contributed by atoms with Gasteiger partial charge >= 0.3 is 0 Å². The second-order valence-electron chi connectivity index (χ2n) is 8.46. The topological polar surface area (TPSA) is 85.3 Å². The summed E-state index contributed by atoms with van der Waals surface area (Å²) in [5.74, 6) is -0.225. The van der Waals surface area contributed by atoms with Crippen LogP contribution in [-0.2, 0) is 9.59 Å². The Bertz CT molecular complexity index is 1110. The standard InChI is InChI=1S/C26H30ClNO6/c1-6-10-28-23(16-8-7-9-17(11-16)34-14-15(2)3)22(25(30)26(28)31)24(29)18-12-19(27)21(33-5)13-20(18)32-4/h7-9,11-13,15,23,29H,6,10,14H2,1-5H3/b24-22+. The molecule has 1 saturated heterocycles. The van der Waals surface area contributed by atoms with Gasteiger partial charge in [0.25, 0.3) is 11.7 Å². The quantitative estimate of drug-likeness (QED) is 0.296. The van der Waals surface area contributed by atoms with Crippen molar-refractivity contribution >= 4 is 29.1 Å². The zero-order chi connectivity index (χ0) is 25.0. The maximum absolute atomic E-state index is 13.2. The van der Waals surface area contributed by atoms with Crippen molar-refractivity contribution in [3.63, 3.8) is 0 Å². The lowest BCUT2D eigenvalue weighted by Crippen LogP contribution is -2.30. The minimum Gasteiger partial charge on any atom is -0.507 e. The molecule has 8 heteroatoms. The lowest BCUT2D eigenvalue weighted by molar-refractivity contribution is -0.139. The summed E-state index contributed by atoms with van der Waals surface area (Å²) in [7, 11) is 2.90. The first kappa shape index (κ1) is 25.4. The van der Waals surface area contributed by atoms with Crippen LogP contribution < -0.4 is 14.2 Å². The molecule has 1 aliphatic rings. The van der Waals surface area contributed by atoms with Crippen molar-refractivity contribution in [1.82, 2.24) is 4.90 Å². The zero-order valence-corrected chi connectivity index (χ0v) is 20.8. The molecule has 2 aromatic carbocycles. The number of halogens is 1. The number of likely N-dealkylation sites (tertiary alicyclic amines) is 1. The molecule has 1 heterocycles. The molecular weight excluding hydrogens is 458 g/mol. The van der Waals surface area contributed by atoms with E-state index >= 15 is 0 Å². The second-order valence-corrected chi connectivity index (χ2v) is 8.86. The summed E-state index contributed by atoms with van der Waals surface area (Å²) in [6.45, 7) is 6.90. The molecule has 34 heavy (non-hydrogen) atoms. The van der Waals surface area contributed by atoms with E-state index in [0.717, 1.165) is 0 Å². The maximum atomic E-state index is 13.2. The first-order valence-corrected chi connectivity index (χ1v) is 11.5. The Morgan fingerprint density at radius 2 is 1.82 bits per heavy atom. The molecule has 1 unspecified atom stereocenters. The van der Waals surface area contributed by atoms with Gasteiger partial charge in [-0.2, -0.15) is 0 Å². The van der Waals surface area contributed by atoms with Gasteiger partial charge in [0, 0.05) is 12.6 Å². The number of Topliss-reactive ketones (excluding diaryl/α,β-unsaturated/α-hetero) is 1. The van der Waals surface area contributed by atoms with E-state index < -0.39 is 17.7 Å². The van der Waals surface area contributed by atoms with Crippen molar-refractivity contribution in [1.29, 1.82) is 0 Å². The number of carbonyl (C=O) groups excluding carboxylic acids is 2. The van der Waals surface area contributed by atoms with E-state index in [9.17, 15) is 14.7 Å². The van der Waals surface area contributed by atoms with Gasteiger partial charge in [0.05, 0.1) is 43.0 Å². The third-order valence-electron chi connectivity index (χ3n) is 5.49. The van der Waals surface area contributed by atoms with Gasteiger partial charge in [-0.05, 0) is 36.1 Å². The fourth-order valence-corrected chi connectivity index (χ4v) is 4.17. The third-order valence-corrected chi connectivity index (χ3v) is 5.79. The molecule has 1 aliphatic heterocycles. The lowest BCUT2D eigenvalue weighted by Gasteiger charge is -2.25. The smallest absolute Gasteiger partial charge is 0.295 e. The van der Waals surface area contributed by atoms with Crippen LogP contribution in [0.2, 0.25) is 5.02 Å². The van der Waals surface area contributed by atoms with Gasteiger partial charge in [-0.1, -0.05) is 44.5 Å². The minimum atomic E-state index is -0.784. The summed E-state index contributed by atoms with van der Waals surface area (Å²) in [6, 6.07) is 9.44. The Labute approximate surface area is 204 Å². The van der Waals surface area contributed by atoms with E-state index in [1.54, 1.807) is 6.07 Å². The van der Waals surface area contributed by atoms with Crippen LogP contribution in [0.1, 0.15) is 44.4 Å². The Hall–Kier alpha value is -3.19. The monoisotopic (exact) mass is 487 g/mol.